The normalized spacial score (nSPS) is 9.92. The second-order valence-corrected chi connectivity index (χ2v) is 4.06. The molecule has 0 heterocycles. The Morgan fingerprint density at radius 3 is 2.67 bits per heavy atom. The van der Waals surface area contributed by atoms with Crippen molar-refractivity contribution in [1.29, 1.82) is 0 Å². The molecule has 0 aromatic heterocycles. The number of halogens is 3. The molecule has 12 heavy (non-hydrogen) atoms. The van der Waals surface area contributed by atoms with Crippen LogP contribution in [0.2, 0.25) is 0 Å². The molecule has 0 bridgehead atoms. The molecule has 0 saturated carbocycles. The lowest BCUT2D eigenvalue weighted by Gasteiger charge is -1.97. The van der Waals surface area contributed by atoms with Crippen molar-refractivity contribution in [2.45, 2.75) is 0 Å². The maximum Gasteiger partial charge on any atom is 0.307 e. The van der Waals surface area contributed by atoms with Crippen molar-refractivity contribution in [2.24, 2.45) is 0 Å². The first kappa shape index (κ1) is 9.85. The van der Waals surface area contributed by atoms with Crippen LogP contribution in [0.1, 0.15) is 0 Å². The average Bonchev–Trinajstić information content (AvgIpc) is 1.96. The molecule has 0 atom stereocenters. The second-order valence-electron chi connectivity index (χ2n) is 1.98. The average molecular weight is 346 g/mol. The quantitative estimate of drug-likeness (QED) is 0.340. The van der Waals surface area contributed by atoms with Crippen LogP contribution in [0.15, 0.2) is 16.6 Å². The van der Waals surface area contributed by atoms with E-state index in [4.69, 9.17) is 0 Å². The summed E-state index contributed by atoms with van der Waals surface area (Å²) >= 11 is 4.74. The van der Waals surface area contributed by atoms with Crippen LogP contribution in [0.3, 0.4) is 0 Å². The fourth-order valence-electron chi connectivity index (χ4n) is 0.675. The third-order valence-corrected chi connectivity index (χ3v) is 2.41. The molecule has 0 aliphatic rings. The summed E-state index contributed by atoms with van der Waals surface area (Å²) in [7, 11) is 0. The first-order valence-electron chi connectivity index (χ1n) is 2.81. The van der Waals surface area contributed by atoms with E-state index in [1.165, 1.54) is 6.07 Å². The van der Waals surface area contributed by atoms with Gasteiger partial charge in [0.05, 0.1) is 8.49 Å². The van der Waals surface area contributed by atoms with E-state index < -0.39 is 16.4 Å². The third-order valence-electron chi connectivity index (χ3n) is 1.17. The van der Waals surface area contributed by atoms with Gasteiger partial charge in [-0.2, -0.15) is 4.39 Å². The first-order valence-corrected chi connectivity index (χ1v) is 4.68. The summed E-state index contributed by atoms with van der Waals surface area (Å²) in [6.07, 6.45) is 0. The van der Waals surface area contributed by atoms with Crippen molar-refractivity contribution >= 4 is 44.2 Å². The molecule has 3 nitrogen and oxygen atoms in total. The summed E-state index contributed by atoms with van der Waals surface area (Å²) in [6.45, 7) is 0. The van der Waals surface area contributed by atoms with Gasteiger partial charge in [0.1, 0.15) is 0 Å². The summed E-state index contributed by atoms with van der Waals surface area (Å²) in [5, 5.41) is 10.3. The zero-order valence-electron chi connectivity index (χ0n) is 5.55. The maximum atomic E-state index is 13.0. The van der Waals surface area contributed by atoms with Gasteiger partial charge < -0.3 is 0 Å². The number of nitro benzene ring substituents is 1. The molecular formula is C6H2BrFINO2. The molecule has 0 spiro atoms. The number of nitrogens with zero attached hydrogens (tertiary/aromatic N) is 1. The third kappa shape index (κ3) is 1.92. The van der Waals surface area contributed by atoms with Crippen molar-refractivity contribution in [2.75, 3.05) is 0 Å². The van der Waals surface area contributed by atoms with Gasteiger partial charge in [-0.05, 0) is 28.7 Å². The van der Waals surface area contributed by atoms with E-state index in [0.29, 0.717) is 4.47 Å². The smallest absolute Gasteiger partial charge is 0.258 e. The summed E-state index contributed by atoms with van der Waals surface area (Å²) in [6, 6.07) is 2.61. The highest BCUT2D eigenvalue weighted by Crippen LogP contribution is 2.26. The number of hydrogen-bond donors (Lipinski definition) is 0. The molecule has 0 amide bonds. The minimum absolute atomic E-state index is 0.230. The Balaban J connectivity index is 3.37. The molecule has 1 rings (SSSR count). The van der Waals surface area contributed by atoms with Crippen LogP contribution in [0.5, 0.6) is 0 Å². The minimum atomic E-state index is -0.788. The fraction of sp³-hybridized carbons (Fsp3) is 0. The number of hydrogen-bond acceptors (Lipinski definition) is 2. The van der Waals surface area contributed by atoms with Gasteiger partial charge in [0, 0.05) is 10.5 Å². The van der Waals surface area contributed by atoms with Crippen LogP contribution in [0, 0.1) is 19.5 Å². The van der Waals surface area contributed by atoms with Gasteiger partial charge in [0.25, 0.3) is 0 Å². The van der Waals surface area contributed by atoms with E-state index in [1.54, 1.807) is 22.6 Å². The van der Waals surface area contributed by atoms with Crippen LogP contribution < -0.4 is 0 Å². The summed E-state index contributed by atoms with van der Waals surface area (Å²) in [5.41, 5.74) is -0.506. The van der Waals surface area contributed by atoms with Gasteiger partial charge in [-0.15, -0.1) is 0 Å². The lowest BCUT2D eigenvalue weighted by molar-refractivity contribution is -0.387. The molecule has 1 aromatic rings. The summed E-state index contributed by atoms with van der Waals surface area (Å²) < 4.78 is 13.7. The number of rotatable bonds is 1. The monoisotopic (exact) mass is 345 g/mol. The molecule has 0 fully saturated rings. The van der Waals surface area contributed by atoms with Gasteiger partial charge in [0.15, 0.2) is 0 Å². The molecular weight excluding hydrogens is 344 g/mol. The zero-order chi connectivity index (χ0) is 9.30. The Labute approximate surface area is 89.4 Å². The van der Waals surface area contributed by atoms with Crippen molar-refractivity contribution < 1.29 is 9.31 Å². The van der Waals surface area contributed by atoms with Crippen LogP contribution in [-0.4, -0.2) is 4.92 Å². The van der Waals surface area contributed by atoms with Crippen molar-refractivity contribution in [3.8, 4) is 0 Å². The molecule has 0 aliphatic carbocycles. The van der Waals surface area contributed by atoms with E-state index in [1.807, 2.05) is 0 Å². The number of nitro groups is 1. The highest BCUT2D eigenvalue weighted by molar-refractivity contribution is 14.1. The molecule has 6 heteroatoms. The van der Waals surface area contributed by atoms with Crippen molar-refractivity contribution in [3.05, 3.63) is 36.1 Å². The molecule has 0 unspecified atom stereocenters. The largest absolute Gasteiger partial charge is 0.307 e. The van der Waals surface area contributed by atoms with E-state index in [-0.39, 0.29) is 3.57 Å². The SMILES string of the molecule is O=[N+]([O-])c1cc(Br)cc(I)c1F. The zero-order valence-corrected chi connectivity index (χ0v) is 9.30. The van der Waals surface area contributed by atoms with Crippen molar-refractivity contribution in [1.82, 2.24) is 0 Å². The fourth-order valence-corrected chi connectivity index (χ4v) is 2.16. The lowest BCUT2D eigenvalue weighted by atomic mass is 10.3. The van der Waals surface area contributed by atoms with E-state index in [2.05, 4.69) is 15.9 Å². The molecule has 1 aromatic carbocycles. The first-order chi connectivity index (χ1) is 5.52. The van der Waals surface area contributed by atoms with Gasteiger partial charge >= 0.3 is 5.69 Å². The van der Waals surface area contributed by atoms with Gasteiger partial charge in [-0.25, -0.2) is 0 Å². The van der Waals surface area contributed by atoms with Crippen LogP contribution >= 0.6 is 38.5 Å². The van der Waals surface area contributed by atoms with Gasteiger partial charge in [-0.3, -0.25) is 10.1 Å². The second kappa shape index (κ2) is 3.65. The molecule has 0 aliphatic heterocycles. The Morgan fingerprint density at radius 1 is 1.58 bits per heavy atom. The van der Waals surface area contributed by atoms with E-state index in [9.17, 15) is 14.5 Å². The van der Waals surface area contributed by atoms with Gasteiger partial charge in [-0.1, -0.05) is 15.9 Å². The Morgan fingerprint density at radius 2 is 2.17 bits per heavy atom. The highest BCUT2D eigenvalue weighted by atomic mass is 127. The predicted octanol–water partition coefficient (Wildman–Crippen LogP) is 3.10. The van der Waals surface area contributed by atoms with Crippen LogP contribution in [0.25, 0.3) is 0 Å². The molecule has 64 valence electrons. The van der Waals surface area contributed by atoms with E-state index in [0.717, 1.165) is 6.07 Å². The van der Waals surface area contributed by atoms with Gasteiger partial charge in [0.2, 0.25) is 5.82 Å². The maximum absolute atomic E-state index is 13.0. The summed E-state index contributed by atoms with van der Waals surface area (Å²) in [5.74, 6) is -0.788. The lowest BCUT2D eigenvalue weighted by Crippen LogP contribution is -1.94. The Bertz CT molecular complexity index is 345. The minimum Gasteiger partial charge on any atom is -0.258 e. The summed E-state index contributed by atoms with van der Waals surface area (Å²) in [4.78, 5) is 9.52. The molecule has 0 N–H and O–H groups in total. The standard InChI is InChI=1S/C6H2BrFINO2/c7-3-1-4(9)6(8)5(2-3)10(11)12/h1-2H. The van der Waals surface area contributed by atoms with Crippen LogP contribution in [0.4, 0.5) is 10.1 Å². The number of benzene rings is 1. The van der Waals surface area contributed by atoms with E-state index >= 15 is 0 Å². The molecule has 0 saturated heterocycles. The predicted molar refractivity (Wildman–Crippen MR) is 53.5 cm³/mol. The Kier molecular flexibility index (Phi) is 2.99. The van der Waals surface area contributed by atoms with Crippen LogP contribution in [-0.2, 0) is 0 Å². The topological polar surface area (TPSA) is 43.1 Å². The highest BCUT2D eigenvalue weighted by Gasteiger charge is 2.17. The van der Waals surface area contributed by atoms with Crippen molar-refractivity contribution in [3.63, 3.8) is 0 Å². The molecule has 0 radical (unpaired) electrons. The Hall–Kier alpha value is -0.240.